The molecule has 1 fully saturated rings. The van der Waals surface area contributed by atoms with Crippen LogP contribution in [-0.4, -0.2) is 45.5 Å². The van der Waals surface area contributed by atoms with Crippen LogP contribution in [0.2, 0.25) is 5.15 Å². The van der Waals surface area contributed by atoms with Crippen molar-refractivity contribution in [2.75, 3.05) is 13.1 Å². The second-order valence-corrected chi connectivity index (χ2v) is 6.55. The molecule has 0 aromatic carbocycles. The van der Waals surface area contributed by atoms with Gasteiger partial charge in [0.05, 0.1) is 24.0 Å². The lowest BCUT2D eigenvalue weighted by Crippen LogP contribution is -2.35. The summed E-state index contributed by atoms with van der Waals surface area (Å²) in [6.07, 6.45) is 0.478. The van der Waals surface area contributed by atoms with E-state index in [2.05, 4.69) is 0 Å². The maximum atomic E-state index is 12.0. The standard InChI is InChI=1S/C14H20ClN3O3/c1-14(2,3)21-13(20)17-7-10(11(19)8-17)18-5-4-9(16)6-12(18)15/h4-6,10-11,16,19H,7-8H2,1-3H3/t10-,11-/m1/s1. The summed E-state index contributed by atoms with van der Waals surface area (Å²) in [6.45, 7) is 5.91. The first-order valence-electron chi connectivity index (χ1n) is 6.75. The van der Waals surface area contributed by atoms with Gasteiger partial charge in [0, 0.05) is 12.7 Å². The number of nitrogens with one attached hydrogen (secondary N) is 1. The van der Waals surface area contributed by atoms with Crippen LogP contribution in [0.15, 0.2) is 18.3 Å². The average Bonchev–Trinajstić information content (AvgIpc) is 2.69. The van der Waals surface area contributed by atoms with E-state index in [-0.39, 0.29) is 12.6 Å². The van der Waals surface area contributed by atoms with E-state index in [0.29, 0.717) is 17.1 Å². The van der Waals surface area contributed by atoms with Gasteiger partial charge in [-0.05, 0) is 32.9 Å². The maximum absolute atomic E-state index is 12.0. The zero-order chi connectivity index (χ0) is 15.8. The number of aliphatic hydroxyl groups excluding tert-OH is 1. The van der Waals surface area contributed by atoms with Gasteiger partial charge < -0.3 is 24.7 Å². The van der Waals surface area contributed by atoms with Gasteiger partial charge >= 0.3 is 6.09 Å². The van der Waals surface area contributed by atoms with E-state index in [0.717, 1.165) is 0 Å². The SMILES string of the molecule is CC(C)(C)OC(=O)N1C[C@@H](O)[C@H](n2ccc(=N)cc2Cl)C1. The van der Waals surface area contributed by atoms with E-state index in [1.807, 2.05) is 0 Å². The molecule has 7 heteroatoms. The molecule has 21 heavy (non-hydrogen) atoms. The number of nitrogens with zero attached hydrogens (tertiary/aromatic N) is 2. The first kappa shape index (κ1) is 15.9. The highest BCUT2D eigenvalue weighted by Crippen LogP contribution is 2.26. The van der Waals surface area contributed by atoms with Gasteiger partial charge in [-0.25, -0.2) is 4.79 Å². The molecule has 0 unspecified atom stereocenters. The number of aliphatic hydroxyl groups is 1. The predicted molar refractivity (Wildman–Crippen MR) is 78.1 cm³/mol. The first-order chi connectivity index (χ1) is 9.67. The van der Waals surface area contributed by atoms with Crippen molar-refractivity contribution in [1.82, 2.24) is 9.47 Å². The average molecular weight is 314 g/mol. The third-order valence-electron chi connectivity index (χ3n) is 3.20. The first-order valence-corrected chi connectivity index (χ1v) is 7.13. The van der Waals surface area contributed by atoms with Gasteiger partial charge in [-0.1, -0.05) is 11.6 Å². The number of hydrogen-bond donors (Lipinski definition) is 2. The van der Waals surface area contributed by atoms with Crippen molar-refractivity contribution in [3.05, 3.63) is 28.8 Å². The number of hydrogen-bond acceptors (Lipinski definition) is 4. The number of carbonyl (C=O) groups excluding carboxylic acids is 1. The Morgan fingerprint density at radius 2 is 2.14 bits per heavy atom. The second-order valence-electron chi connectivity index (χ2n) is 6.17. The molecule has 2 N–H and O–H groups in total. The summed E-state index contributed by atoms with van der Waals surface area (Å²) in [4.78, 5) is 13.5. The lowest BCUT2D eigenvalue weighted by Gasteiger charge is -2.24. The van der Waals surface area contributed by atoms with Crippen molar-refractivity contribution in [3.63, 3.8) is 0 Å². The Morgan fingerprint density at radius 3 is 2.71 bits per heavy atom. The number of aromatic nitrogens is 1. The van der Waals surface area contributed by atoms with Crippen LogP contribution in [0, 0.1) is 5.41 Å². The highest BCUT2D eigenvalue weighted by molar-refractivity contribution is 6.29. The molecule has 116 valence electrons. The Balaban J connectivity index is 2.14. The van der Waals surface area contributed by atoms with Crippen molar-refractivity contribution in [3.8, 4) is 0 Å². The van der Waals surface area contributed by atoms with E-state index < -0.39 is 17.8 Å². The number of ether oxygens (including phenoxy) is 1. The zero-order valence-electron chi connectivity index (χ0n) is 12.3. The lowest BCUT2D eigenvalue weighted by molar-refractivity contribution is 0.0270. The van der Waals surface area contributed by atoms with Gasteiger partial charge in [0.15, 0.2) is 0 Å². The van der Waals surface area contributed by atoms with E-state index in [9.17, 15) is 9.90 Å². The quantitative estimate of drug-likeness (QED) is 0.776. The maximum Gasteiger partial charge on any atom is 0.410 e. The number of halogens is 1. The van der Waals surface area contributed by atoms with Crippen molar-refractivity contribution in [1.29, 1.82) is 5.41 Å². The Hall–Kier alpha value is -1.53. The fourth-order valence-corrected chi connectivity index (χ4v) is 2.57. The van der Waals surface area contributed by atoms with Crippen LogP contribution in [0.1, 0.15) is 26.8 Å². The molecule has 1 aromatic heterocycles. The summed E-state index contributed by atoms with van der Waals surface area (Å²) < 4.78 is 6.98. The van der Waals surface area contributed by atoms with Crippen LogP contribution in [0.3, 0.4) is 0 Å². The fourth-order valence-electron chi connectivity index (χ4n) is 2.27. The molecule has 1 aliphatic rings. The number of pyridine rings is 1. The Morgan fingerprint density at radius 1 is 1.48 bits per heavy atom. The second kappa shape index (κ2) is 5.69. The molecule has 0 radical (unpaired) electrons. The van der Waals surface area contributed by atoms with E-state index in [1.165, 1.54) is 11.0 Å². The number of likely N-dealkylation sites (tertiary alicyclic amines) is 1. The molecule has 2 atom stereocenters. The van der Waals surface area contributed by atoms with Crippen LogP contribution in [-0.2, 0) is 4.74 Å². The van der Waals surface area contributed by atoms with Gasteiger partial charge in [0.1, 0.15) is 10.8 Å². The number of carbonyl (C=O) groups is 1. The molecule has 2 heterocycles. The topological polar surface area (TPSA) is 78.5 Å². The Labute approximate surface area is 128 Å². The molecule has 1 saturated heterocycles. The number of rotatable bonds is 1. The minimum absolute atomic E-state index is 0.200. The van der Waals surface area contributed by atoms with E-state index in [1.54, 1.807) is 37.6 Å². The molecule has 2 rings (SSSR count). The van der Waals surface area contributed by atoms with E-state index >= 15 is 0 Å². The van der Waals surface area contributed by atoms with Crippen LogP contribution in [0.25, 0.3) is 0 Å². The minimum atomic E-state index is -0.725. The summed E-state index contributed by atoms with van der Waals surface area (Å²) in [5.41, 5.74) is -0.572. The van der Waals surface area contributed by atoms with Crippen LogP contribution < -0.4 is 5.36 Å². The zero-order valence-corrected chi connectivity index (χ0v) is 13.1. The predicted octanol–water partition coefficient (Wildman–Crippen LogP) is 1.77. The molecule has 1 aromatic rings. The molecule has 0 bridgehead atoms. The van der Waals surface area contributed by atoms with Crippen molar-refractivity contribution >= 4 is 17.7 Å². The summed E-state index contributed by atoms with van der Waals surface area (Å²) in [5.74, 6) is 0. The van der Waals surface area contributed by atoms with Gasteiger partial charge in [0.25, 0.3) is 0 Å². The molecule has 0 spiro atoms. The van der Waals surface area contributed by atoms with Gasteiger partial charge in [-0.3, -0.25) is 0 Å². The fraction of sp³-hybridized carbons (Fsp3) is 0.571. The minimum Gasteiger partial charge on any atom is -0.444 e. The van der Waals surface area contributed by atoms with Crippen LogP contribution >= 0.6 is 11.6 Å². The normalized spacial score (nSPS) is 22.4. The summed E-state index contributed by atoms with van der Waals surface area (Å²) >= 11 is 6.11. The molecular formula is C14H20ClN3O3. The highest BCUT2D eigenvalue weighted by Gasteiger charge is 2.37. The third-order valence-corrected chi connectivity index (χ3v) is 3.51. The van der Waals surface area contributed by atoms with Crippen LogP contribution in [0.4, 0.5) is 4.79 Å². The third kappa shape index (κ3) is 3.77. The highest BCUT2D eigenvalue weighted by atomic mass is 35.5. The summed E-state index contributed by atoms with van der Waals surface area (Å²) in [6, 6.07) is 2.75. The van der Waals surface area contributed by atoms with Gasteiger partial charge in [-0.15, -0.1) is 0 Å². The number of β-amino-alcohol motifs (C(OH)–C–C–N with tert-alkyl or cyclic N) is 1. The molecule has 1 aliphatic heterocycles. The van der Waals surface area contributed by atoms with Gasteiger partial charge in [-0.2, -0.15) is 0 Å². The van der Waals surface area contributed by atoms with Crippen LogP contribution in [0.5, 0.6) is 0 Å². The van der Waals surface area contributed by atoms with Crippen molar-refractivity contribution in [2.45, 2.75) is 38.5 Å². The molecule has 1 amide bonds. The summed E-state index contributed by atoms with van der Waals surface area (Å²) in [5, 5.41) is 18.4. The molecule has 0 aliphatic carbocycles. The van der Waals surface area contributed by atoms with Crippen molar-refractivity contribution in [2.24, 2.45) is 0 Å². The Kier molecular flexibility index (Phi) is 4.30. The van der Waals surface area contributed by atoms with Gasteiger partial charge in [0.2, 0.25) is 0 Å². The number of amides is 1. The summed E-state index contributed by atoms with van der Waals surface area (Å²) in [7, 11) is 0. The van der Waals surface area contributed by atoms with Crippen molar-refractivity contribution < 1.29 is 14.6 Å². The molecular weight excluding hydrogens is 294 g/mol. The van der Waals surface area contributed by atoms with E-state index in [4.69, 9.17) is 21.7 Å². The molecule has 6 nitrogen and oxygen atoms in total. The lowest BCUT2D eigenvalue weighted by atomic mass is 10.2. The Bertz CT molecular complexity index is 594. The molecule has 0 saturated carbocycles. The largest absolute Gasteiger partial charge is 0.444 e. The monoisotopic (exact) mass is 313 g/mol. The smallest absolute Gasteiger partial charge is 0.410 e.